The number of rotatable bonds is 1. The Hall–Kier alpha value is -1.23. The molecular formula is C8H10N4S. The van der Waals surface area contributed by atoms with Crippen LogP contribution >= 0.6 is 12.2 Å². The maximum Gasteiger partial charge on any atom is 0.179 e. The Morgan fingerprint density at radius 3 is 3.00 bits per heavy atom. The molecule has 0 aliphatic heterocycles. The van der Waals surface area contributed by atoms with Gasteiger partial charge in [0.05, 0.1) is 6.20 Å². The van der Waals surface area contributed by atoms with E-state index in [4.69, 9.17) is 12.2 Å². The molecule has 0 spiro atoms. The summed E-state index contributed by atoms with van der Waals surface area (Å²) in [5.74, 6) is 0. The highest BCUT2D eigenvalue weighted by Gasteiger charge is 2.07. The minimum absolute atomic E-state index is 0.316. The summed E-state index contributed by atoms with van der Waals surface area (Å²) in [6.45, 7) is 4.15. The Morgan fingerprint density at radius 2 is 2.31 bits per heavy atom. The van der Waals surface area contributed by atoms with Gasteiger partial charge in [-0.1, -0.05) is 0 Å². The summed E-state index contributed by atoms with van der Waals surface area (Å²) in [6.07, 6.45) is 3.26. The van der Waals surface area contributed by atoms with Crippen LogP contribution in [0.25, 0.3) is 11.2 Å². The highest BCUT2D eigenvalue weighted by molar-refractivity contribution is 7.71. The Kier molecular flexibility index (Phi) is 1.88. The normalized spacial score (nSPS) is 11.3. The van der Waals surface area contributed by atoms with Gasteiger partial charge in [0.2, 0.25) is 0 Å². The zero-order chi connectivity index (χ0) is 9.42. The zero-order valence-electron chi connectivity index (χ0n) is 7.48. The summed E-state index contributed by atoms with van der Waals surface area (Å²) in [4.78, 5) is 11.2. The molecule has 0 bridgehead atoms. The van der Waals surface area contributed by atoms with Gasteiger partial charge in [-0.05, 0) is 26.1 Å². The van der Waals surface area contributed by atoms with Crippen LogP contribution in [0.1, 0.15) is 19.9 Å². The fourth-order valence-electron chi connectivity index (χ4n) is 1.35. The minimum Gasteiger partial charge on any atom is -0.328 e. The smallest absolute Gasteiger partial charge is 0.179 e. The van der Waals surface area contributed by atoms with Crippen molar-refractivity contribution in [3.05, 3.63) is 17.3 Å². The molecule has 2 heterocycles. The van der Waals surface area contributed by atoms with Crippen LogP contribution in [0.3, 0.4) is 0 Å². The molecule has 2 aromatic rings. The molecule has 4 nitrogen and oxygen atoms in total. The molecule has 2 rings (SSSR count). The third kappa shape index (κ3) is 1.25. The molecule has 0 radical (unpaired) electrons. The average molecular weight is 194 g/mol. The molecule has 68 valence electrons. The lowest BCUT2D eigenvalue weighted by Gasteiger charge is -2.05. The molecule has 0 amide bonds. The van der Waals surface area contributed by atoms with Gasteiger partial charge in [-0.15, -0.1) is 0 Å². The van der Waals surface area contributed by atoms with E-state index >= 15 is 0 Å². The first kappa shape index (κ1) is 8.37. The van der Waals surface area contributed by atoms with Gasteiger partial charge in [0.1, 0.15) is 11.8 Å². The van der Waals surface area contributed by atoms with E-state index < -0.39 is 0 Å². The first-order valence-electron chi connectivity index (χ1n) is 4.10. The maximum absolute atomic E-state index is 5.17. The molecular weight excluding hydrogens is 184 g/mol. The van der Waals surface area contributed by atoms with Crippen molar-refractivity contribution in [2.24, 2.45) is 0 Å². The zero-order valence-corrected chi connectivity index (χ0v) is 8.30. The number of nitrogens with one attached hydrogen (secondary N) is 1. The minimum atomic E-state index is 0.316. The molecule has 2 aromatic heterocycles. The summed E-state index contributed by atoms with van der Waals surface area (Å²) in [5.41, 5.74) is 1.76. The van der Waals surface area contributed by atoms with Crippen molar-refractivity contribution in [1.29, 1.82) is 0 Å². The van der Waals surface area contributed by atoms with Crippen LogP contribution in [0.5, 0.6) is 0 Å². The maximum atomic E-state index is 5.17. The molecule has 0 saturated heterocycles. The summed E-state index contributed by atoms with van der Waals surface area (Å²) in [6, 6.07) is 0.316. The third-order valence-corrected chi connectivity index (χ3v) is 2.19. The molecule has 0 fully saturated rings. The van der Waals surface area contributed by atoms with Crippen LogP contribution in [0.2, 0.25) is 0 Å². The largest absolute Gasteiger partial charge is 0.328 e. The average Bonchev–Trinajstić information content (AvgIpc) is 2.39. The Morgan fingerprint density at radius 1 is 1.54 bits per heavy atom. The van der Waals surface area contributed by atoms with E-state index in [1.54, 1.807) is 6.20 Å². The van der Waals surface area contributed by atoms with Crippen molar-refractivity contribution in [2.45, 2.75) is 19.9 Å². The van der Waals surface area contributed by atoms with Crippen molar-refractivity contribution in [2.75, 3.05) is 0 Å². The number of nitrogens with zero attached hydrogens (tertiary/aromatic N) is 3. The van der Waals surface area contributed by atoms with Crippen molar-refractivity contribution in [3.8, 4) is 0 Å². The molecule has 0 unspecified atom stereocenters. The van der Waals surface area contributed by atoms with Crippen LogP contribution in [0, 0.1) is 4.77 Å². The third-order valence-electron chi connectivity index (χ3n) is 1.90. The van der Waals surface area contributed by atoms with Gasteiger partial charge < -0.3 is 4.98 Å². The number of imidazole rings is 1. The molecule has 5 heteroatoms. The lowest BCUT2D eigenvalue weighted by molar-refractivity contribution is 0.605. The molecule has 0 aliphatic rings. The van der Waals surface area contributed by atoms with Gasteiger partial charge in [-0.3, -0.25) is 4.57 Å². The van der Waals surface area contributed by atoms with Crippen molar-refractivity contribution < 1.29 is 0 Å². The molecule has 0 atom stereocenters. The SMILES string of the molecule is CC(C)n1c(=S)[nH]c2cncnc21. The van der Waals surface area contributed by atoms with E-state index in [0.29, 0.717) is 10.8 Å². The highest BCUT2D eigenvalue weighted by atomic mass is 32.1. The number of aromatic amines is 1. The van der Waals surface area contributed by atoms with Gasteiger partial charge >= 0.3 is 0 Å². The highest BCUT2D eigenvalue weighted by Crippen LogP contribution is 2.14. The molecule has 0 aromatic carbocycles. The fraction of sp³-hybridized carbons (Fsp3) is 0.375. The van der Waals surface area contributed by atoms with Crippen LogP contribution < -0.4 is 0 Å². The number of fused-ring (bicyclic) bond motifs is 1. The van der Waals surface area contributed by atoms with E-state index in [1.807, 2.05) is 4.57 Å². The second-order valence-electron chi connectivity index (χ2n) is 3.15. The number of hydrogen-bond donors (Lipinski definition) is 1. The second kappa shape index (κ2) is 2.92. The number of hydrogen-bond acceptors (Lipinski definition) is 3. The van der Waals surface area contributed by atoms with Gasteiger partial charge in [-0.2, -0.15) is 0 Å². The molecule has 13 heavy (non-hydrogen) atoms. The Labute approximate surface area is 80.6 Å². The van der Waals surface area contributed by atoms with E-state index in [0.717, 1.165) is 11.2 Å². The molecule has 1 N–H and O–H groups in total. The van der Waals surface area contributed by atoms with Crippen LogP contribution in [-0.2, 0) is 0 Å². The second-order valence-corrected chi connectivity index (χ2v) is 3.54. The van der Waals surface area contributed by atoms with E-state index in [2.05, 4.69) is 28.8 Å². The van der Waals surface area contributed by atoms with E-state index in [1.165, 1.54) is 6.33 Å². The van der Waals surface area contributed by atoms with Gasteiger partial charge in [0, 0.05) is 6.04 Å². The first-order valence-corrected chi connectivity index (χ1v) is 4.51. The summed E-state index contributed by atoms with van der Waals surface area (Å²) >= 11 is 5.17. The standard InChI is InChI=1S/C8H10N4S/c1-5(2)12-7-6(11-8(12)13)3-9-4-10-7/h3-5H,1-2H3,(H,11,13). The topological polar surface area (TPSA) is 46.5 Å². The van der Waals surface area contributed by atoms with Gasteiger partial charge in [0.15, 0.2) is 10.4 Å². The summed E-state index contributed by atoms with van der Waals surface area (Å²) in [7, 11) is 0. The fourth-order valence-corrected chi connectivity index (χ4v) is 1.76. The van der Waals surface area contributed by atoms with Gasteiger partial charge in [0.25, 0.3) is 0 Å². The first-order chi connectivity index (χ1) is 6.20. The molecule has 0 aliphatic carbocycles. The van der Waals surface area contributed by atoms with E-state index in [-0.39, 0.29) is 0 Å². The monoisotopic (exact) mass is 194 g/mol. The van der Waals surface area contributed by atoms with Crippen molar-refractivity contribution in [1.82, 2.24) is 19.5 Å². The van der Waals surface area contributed by atoms with Crippen molar-refractivity contribution in [3.63, 3.8) is 0 Å². The Bertz CT molecular complexity index is 482. The van der Waals surface area contributed by atoms with Crippen LogP contribution in [0.4, 0.5) is 0 Å². The van der Waals surface area contributed by atoms with E-state index in [9.17, 15) is 0 Å². The van der Waals surface area contributed by atoms with Crippen LogP contribution in [0.15, 0.2) is 12.5 Å². The lowest BCUT2D eigenvalue weighted by Crippen LogP contribution is -2.01. The predicted molar refractivity (Wildman–Crippen MR) is 53.1 cm³/mol. The molecule has 0 saturated carbocycles. The number of H-pyrrole nitrogens is 1. The summed E-state index contributed by atoms with van der Waals surface area (Å²) in [5, 5.41) is 0. The quantitative estimate of drug-likeness (QED) is 0.707. The summed E-state index contributed by atoms with van der Waals surface area (Å²) < 4.78 is 2.68. The van der Waals surface area contributed by atoms with Gasteiger partial charge in [-0.25, -0.2) is 9.97 Å². The predicted octanol–water partition coefficient (Wildman–Crippen LogP) is 2.07. The lowest BCUT2D eigenvalue weighted by atomic mass is 10.4. The Balaban J connectivity index is 2.87. The number of aromatic nitrogens is 4. The van der Waals surface area contributed by atoms with Crippen LogP contribution in [-0.4, -0.2) is 19.5 Å². The van der Waals surface area contributed by atoms with Crippen molar-refractivity contribution >= 4 is 23.4 Å².